The second-order valence-electron chi connectivity index (χ2n) is 5.27. The minimum absolute atomic E-state index is 0.255. The molecule has 0 aliphatic carbocycles. The number of ether oxygens (including phenoxy) is 1. The molecule has 112 valence electrons. The zero-order valence-corrected chi connectivity index (χ0v) is 13.2. The average molecular weight is 304 g/mol. The fourth-order valence-electron chi connectivity index (χ4n) is 2.85. The van der Waals surface area contributed by atoms with E-state index in [0.29, 0.717) is 11.5 Å². The summed E-state index contributed by atoms with van der Waals surface area (Å²) in [5.41, 5.74) is 1.41. The van der Waals surface area contributed by atoms with E-state index in [9.17, 15) is 4.79 Å². The first kappa shape index (κ1) is 15.9. The van der Waals surface area contributed by atoms with Gasteiger partial charge in [-0.2, -0.15) is 17.0 Å². The highest BCUT2D eigenvalue weighted by Crippen LogP contribution is 2.30. The third-order valence-corrected chi connectivity index (χ3v) is 4.65. The molecule has 0 bridgehead atoms. The Kier molecular flexibility index (Phi) is 5.66. The Bertz CT molecular complexity index is 541. The van der Waals surface area contributed by atoms with E-state index in [1.807, 2.05) is 23.9 Å². The molecule has 1 aliphatic heterocycles. The zero-order valence-electron chi connectivity index (χ0n) is 12.4. The van der Waals surface area contributed by atoms with E-state index in [-0.39, 0.29) is 5.97 Å². The van der Waals surface area contributed by atoms with Gasteiger partial charge in [-0.25, -0.2) is 4.79 Å². The summed E-state index contributed by atoms with van der Waals surface area (Å²) in [5, 5.41) is 9.03. The monoisotopic (exact) mass is 304 g/mol. The lowest BCUT2D eigenvalue weighted by Crippen LogP contribution is -2.33. The molecule has 1 aromatic carbocycles. The van der Waals surface area contributed by atoms with Crippen molar-refractivity contribution >= 4 is 17.7 Å². The Morgan fingerprint density at radius 3 is 3.10 bits per heavy atom. The number of hydrogen-bond acceptors (Lipinski definition) is 5. The van der Waals surface area contributed by atoms with Crippen LogP contribution >= 0.6 is 11.8 Å². The van der Waals surface area contributed by atoms with E-state index in [1.54, 1.807) is 12.1 Å². The second-order valence-corrected chi connectivity index (χ2v) is 6.18. The Morgan fingerprint density at radius 1 is 1.62 bits per heavy atom. The van der Waals surface area contributed by atoms with E-state index < -0.39 is 6.04 Å². The molecule has 21 heavy (non-hydrogen) atoms. The molecule has 0 aromatic heterocycles. The van der Waals surface area contributed by atoms with Crippen LogP contribution in [0.2, 0.25) is 0 Å². The molecule has 1 aliphatic rings. The molecule has 0 amide bonds. The summed E-state index contributed by atoms with van der Waals surface area (Å²) in [7, 11) is 1.42. The number of rotatable bonds is 5. The Morgan fingerprint density at radius 2 is 2.43 bits per heavy atom. The molecule has 0 N–H and O–H groups in total. The fraction of sp³-hybridized carbons (Fsp3) is 0.500. The van der Waals surface area contributed by atoms with E-state index >= 15 is 0 Å². The lowest BCUT2D eigenvalue weighted by molar-refractivity contribution is -0.147. The summed E-state index contributed by atoms with van der Waals surface area (Å²) in [6, 6.07) is 8.96. The summed E-state index contributed by atoms with van der Waals surface area (Å²) >= 11 is 1.84. The molecule has 4 nitrogen and oxygen atoms in total. The normalized spacial score (nSPS) is 20.0. The predicted octanol–water partition coefficient (Wildman–Crippen LogP) is 2.46. The van der Waals surface area contributed by atoms with Gasteiger partial charge in [-0.15, -0.1) is 0 Å². The maximum atomic E-state index is 12.2. The fourth-order valence-corrected chi connectivity index (χ4v) is 3.60. The molecular weight excluding hydrogens is 284 g/mol. The smallest absolute Gasteiger partial charge is 0.327 e. The van der Waals surface area contributed by atoms with Crippen LogP contribution in [0, 0.1) is 17.2 Å². The Hall–Kier alpha value is -1.51. The van der Waals surface area contributed by atoms with Gasteiger partial charge >= 0.3 is 5.97 Å². The molecule has 0 saturated carbocycles. The Balaban J connectivity index is 2.23. The molecule has 0 spiro atoms. The van der Waals surface area contributed by atoms with Crippen LogP contribution in [0.1, 0.15) is 23.6 Å². The van der Waals surface area contributed by atoms with E-state index in [1.165, 1.54) is 7.11 Å². The molecule has 1 fully saturated rings. The van der Waals surface area contributed by atoms with Gasteiger partial charge in [0.1, 0.15) is 6.04 Å². The van der Waals surface area contributed by atoms with Crippen molar-refractivity contribution in [3.05, 3.63) is 35.4 Å². The van der Waals surface area contributed by atoms with Gasteiger partial charge in [0.2, 0.25) is 0 Å². The minimum Gasteiger partial charge on any atom is -0.468 e. The molecule has 5 heteroatoms. The zero-order chi connectivity index (χ0) is 15.2. The van der Waals surface area contributed by atoms with E-state index in [2.05, 4.69) is 17.2 Å². The summed E-state index contributed by atoms with van der Waals surface area (Å²) in [5.74, 6) is 1.48. The van der Waals surface area contributed by atoms with Crippen molar-refractivity contribution in [3.8, 4) is 6.07 Å². The summed E-state index contributed by atoms with van der Waals surface area (Å²) < 4.78 is 4.98. The maximum absolute atomic E-state index is 12.2. The second kappa shape index (κ2) is 7.48. The van der Waals surface area contributed by atoms with Crippen LogP contribution in [-0.4, -0.2) is 43.1 Å². The molecule has 1 saturated heterocycles. The SMILES string of the molecule is COC(=O)[C@H](c1cccc(C#N)c1)N1CC[C@H](CSC)C1. The van der Waals surface area contributed by atoms with Crippen LogP contribution in [0.25, 0.3) is 0 Å². The van der Waals surface area contributed by atoms with Crippen molar-refractivity contribution in [2.75, 3.05) is 32.2 Å². The van der Waals surface area contributed by atoms with Gasteiger partial charge in [0.05, 0.1) is 18.7 Å². The number of hydrogen-bond donors (Lipinski definition) is 0. The van der Waals surface area contributed by atoms with Crippen LogP contribution in [-0.2, 0) is 9.53 Å². The lowest BCUT2D eigenvalue weighted by Gasteiger charge is -2.26. The first-order valence-corrected chi connectivity index (χ1v) is 8.39. The van der Waals surface area contributed by atoms with Gasteiger partial charge in [0.25, 0.3) is 0 Å². The van der Waals surface area contributed by atoms with E-state index in [0.717, 1.165) is 30.8 Å². The third kappa shape index (κ3) is 3.78. The van der Waals surface area contributed by atoms with Crippen LogP contribution in [0.5, 0.6) is 0 Å². The van der Waals surface area contributed by atoms with Crippen molar-refractivity contribution in [3.63, 3.8) is 0 Å². The molecule has 1 aromatic rings. The highest BCUT2D eigenvalue weighted by Gasteiger charge is 2.34. The first-order chi connectivity index (χ1) is 10.2. The lowest BCUT2D eigenvalue weighted by atomic mass is 10.0. The van der Waals surface area contributed by atoms with E-state index in [4.69, 9.17) is 10.00 Å². The van der Waals surface area contributed by atoms with Crippen molar-refractivity contribution < 1.29 is 9.53 Å². The largest absolute Gasteiger partial charge is 0.468 e. The minimum atomic E-state index is -0.407. The van der Waals surface area contributed by atoms with Gasteiger partial charge in [-0.3, -0.25) is 4.90 Å². The number of methoxy groups -OCH3 is 1. The first-order valence-electron chi connectivity index (χ1n) is 7.00. The topological polar surface area (TPSA) is 53.3 Å². The van der Waals surface area contributed by atoms with Crippen molar-refractivity contribution in [2.45, 2.75) is 12.5 Å². The van der Waals surface area contributed by atoms with Gasteiger partial charge < -0.3 is 4.74 Å². The number of nitriles is 1. The number of carbonyl (C=O) groups excluding carboxylic acids is 1. The number of benzene rings is 1. The highest BCUT2D eigenvalue weighted by molar-refractivity contribution is 7.98. The summed E-state index contributed by atoms with van der Waals surface area (Å²) in [6.45, 7) is 1.79. The number of carbonyl (C=O) groups is 1. The van der Waals surface area contributed by atoms with Crippen LogP contribution in [0.15, 0.2) is 24.3 Å². The van der Waals surface area contributed by atoms with Crippen molar-refractivity contribution in [1.29, 1.82) is 5.26 Å². The predicted molar refractivity (Wildman–Crippen MR) is 84.0 cm³/mol. The van der Waals surface area contributed by atoms with Gasteiger partial charge in [-0.1, -0.05) is 12.1 Å². The summed E-state index contributed by atoms with van der Waals surface area (Å²) in [6.07, 6.45) is 3.21. The molecule has 2 atom stereocenters. The molecule has 2 rings (SSSR count). The average Bonchev–Trinajstić information content (AvgIpc) is 2.96. The molecule has 1 heterocycles. The van der Waals surface area contributed by atoms with Gasteiger partial charge in [0, 0.05) is 6.54 Å². The summed E-state index contributed by atoms with van der Waals surface area (Å²) in [4.78, 5) is 14.4. The standard InChI is InChI=1S/C16H20N2O2S/c1-20-16(19)15(14-5-3-4-12(8-14)9-17)18-7-6-13(10-18)11-21-2/h3-5,8,13,15H,6-7,10-11H2,1-2H3/t13-,15-/m0/s1. The van der Waals surface area contributed by atoms with Gasteiger partial charge in [-0.05, 0) is 48.6 Å². The molecule has 0 unspecified atom stereocenters. The molecule has 0 radical (unpaired) electrons. The van der Waals surface area contributed by atoms with Crippen molar-refractivity contribution in [2.24, 2.45) is 5.92 Å². The van der Waals surface area contributed by atoms with Gasteiger partial charge in [0.15, 0.2) is 0 Å². The quantitative estimate of drug-likeness (QED) is 0.782. The number of esters is 1. The maximum Gasteiger partial charge on any atom is 0.327 e. The Labute approximate surface area is 130 Å². The van der Waals surface area contributed by atoms with Crippen molar-refractivity contribution in [1.82, 2.24) is 4.90 Å². The number of likely N-dealkylation sites (tertiary alicyclic amines) is 1. The van der Waals surface area contributed by atoms with Crippen LogP contribution in [0.4, 0.5) is 0 Å². The third-order valence-electron chi connectivity index (χ3n) is 3.84. The highest BCUT2D eigenvalue weighted by atomic mass is 32.2. The van der Waals surface area contributed by atoms with Crippen LogP contribution < -0.4 is 0 Å². The molecular formula is C16H20N2O2S. The number of nitrogens with zero attached hydrogens (tertiary/aromatic N) is 2. The number of thioether (sulfide) groups is 1. The van der Waals surface area contributed by atoms with Crippen LogP contribution in [0.3, 0.4) is 0 Å².